The highest BCUT2D eigenvalue weighted by atomic mass is 35.5. The van der Waals surface area contributed by atoms with Crippen LogP contribution in [0.25, 0.3) is 6.08 Å². The second-order valence-electron chi connectivity index (χ2n) is 4.13. The molecule has 0 aliphatic carbocycles. The monoisotopic (exact) mass is 297 g/mol. The van der Waals surface area contributed by atoms with Crippen LogP contribution in [0.5, 0.6) is 0 Å². The standard InChI is InChI=1S/C16H12ClN3O/c17-16-3-1-14(2-4-16)12-21-20-11-15(10-18)9-13-5-7-19-8-6-13/h1-9,11H,12H2. The van der Waals surface area contributed by atoms with Gasteiger partial charge in [0.15, 0.2) is 0 Å². The first-order chi connectivity index (χ1) is 10.3. The van der Waals surface area contributed by atoms with Crippen molar-refractivity contribution < 1.29 is 4.84 Å². The summed E-state index contributed by atoms with van der Waals surface area (Å²) < 4.78 is 0. The maximum absolute atomic E-state index is 9.04. The topological polar surface area (TPSA) is 58.3 Å². The van der Waals surface area contributed by atoms with Crippen molar-refractivity contribution in [2.45, 2.75) is 6.61 Å². The number of benzene rings is 1. The number of nitriles is 1. The van der Waals surface area contributed by atoms with Crippen molar-refractivity contribution in [3.63, 3.8) is 0 Å². The van der Waals surface area contributed by atoms with Gasteiger partial charge in [-0.3, -0.25) is 4.98 Å². The molecular formula is C16H12ClN3O. The number of halogens is 1. The molecular weight excluding hydrogens is 286 g/mol. The summed E-state index contributed by atoms with van der Waals surface area (Å²) in [7, 11) is 0. The van der Waals surface area contributed by atoms with Crippen molar-refractivity contribution in [2.75, 3.05) is 0 Å². The summed E-state index contributed by atoms with van der Waals surface area (Å²) >= 11 is 5.79. The van der Waals surface area contributed by atoms with Gasteiger partial charge in [-0.15, -0.1) is 0 Å². The van der Waals surface area contributed by atoms with Gasteiger partial charge in [0.2, 0.25) is 0 Å². The quantitative estimate of drug-likeness (QED) is 0.478. The number of aromatic nitrogens is 1. The van der Waals surface area contributed by atoms with Crippen LogP contribution in [-0.2, 0) is 11.4 Å². The highest BCUT2D eigenvalue weighted by Crippen LogP contribution is 2.10. The Hall–Kier alpha value is -2.64. The average Bonchev–Trinajstić information content (AvgIpc) is 2.53. The first kappa shape index (κ1) is 14.8. The molecule has 4 nitrogen and oxygen atoms in total. The summed E-state index contributed by atoms with van der Waals surface area (Å²) in [5.74, 6) is 0. The molecule has 0 fully saturated rings. The molecule has 0 aliphatic heterocycles. The van der Waals surface area contributed by atoms with Crippen molar-refractivity contribution in [1.82, 2.24) is 4.98 Å². The van der Waals surface area contributed by atoms with E-state index in [9.17, 15) is 0 Å². The van der Waals surface area contributed by atoms with Crippen LogP contribution in [0.2, 0.25) is 5.02 Å². The van der Waals surface area contributed by atoms with Crippen LogP contribution in [0.15, 0.2) is 59.5 Å². The van der Waals surface area contributed by atoms with Crippen molar-refractivity contribution in [2.24, 2.45) is 5.16 Å². The molecule has 2 aromatic rings. The smallest absolute Gasteiger partial charge is 0.142 e. The molecule has 0 spiro atoms. The van der Waals surface area contributed by atoms with Gasteiger partial charge in [0.1, 0.15) is 12.7 Å². The summed E-state index contributed by atoms with van der Waals surface area (Å²) in [6, 6.07) is 12.9. The fourth-order valence-electron chi connectivity index (χ4n) is 1.52. The van der Waals surface area contributed by atoms with E-state index < -0.39 is 0 Å². The van der Waals surface area contributed by atoms with Crippen molar-refractivity contribution in [3.05, 3.63) is 70.5 Å². The number of hydrogen-bond donors (Lipinski definition) is 0. The van der Waals surface area contributed by atoms with Crippen LogP contribution in [0.3, 0.4) is 0 Å². The second kappa shape index (κ2) is 7.83. The Morgan fingerprint density at radius 1 is 1.24 bits per heavy atom. The molecule has 21 heavy (non-hydrogen) atoms. The van der Waals surface area contributed by atoms with Gasteiger partial charge in [-0.25, -0.2) is 0 Å². The lowest BCUT2D eigenvalue weighted by Crippen LogP contribution is -1.88. The van der Waals surface area contributed by atoms with Gasteiger partial charge >= 0.3 is 0 Å². The van der Waals surface area contributed by atoms with Crippen molar-refractivity contribution in [3.8, 4) is 6.07 Å². The van der Waals surface area contributed by atoms with Gasteiger partial charge in [0.25, 0.3) is 0 Å². The van der Waals surface area contributed by atoms with E-state index in [4.69, 9.17) is 21.7 Å². The zero-order valence-electron chi connectivity index (χ0n) is 11.1. The number of hydrogen-bond acceptors (Lipinski definition) is 4. The minimum absolute atomic E-state index is 0.321. The van der Waals surface area contributed by atoms with Crippen LogP contribution >= 0.6 is 11.6 Å². The number of oxime groups is 1. The predicted molar refractivity (Wildman–Crippen MR) is 82.6 cm³/mol. The molecule has 0 unspecified atom stereocenters. The largest absolute Gasteiger partial charge is 0.391 e. The third-order valence-electron chi connectivity index (χ3n) is 2.57. The van der Waals surface area contributed by atoms with E-state index in [1.807, 2.05) is 12.1 Å². The van der Waals surface area contributed by atoms with Crippen LogP contribution in [0.4, 0.5) is 0 Å². The third-order valence-corrected chi connectivity index (χ3v) is 2.82. The highest BCUT2D eigenvalue weighted by Gasteiger charge is 1.94. The fourth-order valence-corrected chi connectivity index (χ4v) is 1.65. The molecule has 5 heteroatoms. The minimum atomic E-state index is 0.321. The lowest BCUT2D eigenvalue weighted by Gasteiger charge is -1.99. The number of allylic oxidation sites excluding steroid dienone is 1. The van der Waals surface area contributed by atoms with E-state index in [1.165, 1.54) is 6.21 Å². The van der Waals surface area contributed by atoms with Gasteiger partial charge in [-0.2, -0.15) is 5.26 Å². The maximum atomic E-state index is 9.04. The van der Waals surface area contributed by atoms with E-state index in [0.29, 0.717) is 17.2 Å². The zero-order chi connectivity index (χ0) is 14.9. The number of rotatable bonds is 5. The van der Waals surface area contributed by atoms with E-state index in [2.05, 4.69) is 16.2 Å². The van der Waals surface area contributed by atoms with Gasteiger partial charge in [0, 0.05) is 17.4 Å². The first-order valence-electron chi connectivity index (χ1n) is 6.19. The molecule has 0 radical (unpaired) electrons. The summed E-state index contributed by atoms with van der Waals surface area (Å²) in [6.07, 6.45) is 6.41. The summed E-state index contributed by atoms with van der Waals surface area (Å²) in [5.41, 5.74) is 2.23. The second-order valence-corrected chi connectivity index (χ2v) is 4.56. The Labute approximate surface area is 128 Å². The first-order valence-corrected chi connectivity index (χ1v) is 6.57. The Balaban J connectivity index is 1.92. The Bertz CT molecular complexity index is 673. The Morgan fingerprint density at radius 3 is 2.62 bits per heavy atom. The molecule has 0 saturated heterocycles. The number of pyridine rings is 1. The SMILES string of the molecule is N#CC(C=NOCc1ccc(Cl)cc1)=Cc1ccncc1. The van der Waals surface area contributed by atoms with E-state index in [0.717, 1.165) is 11.1 Å². The average molecular weight is 298 g/mol. The van der Waals surface area contributed by atoms with Crippen molar-refractivity contribution in [1.29, 1.82) is 5.26 Å². The molecule has 0 N–H and O–H groups in total. The molecule has 1 aromatic carbocycles. The Morgan fingerprint density at radius 2 is 1.95 bits per heavy atom. The van der Waals surface area contributed by atoms with Crippen molar-refractivity contribution >= 4 is 23.9 Å². The van der Waals surface area contributed by atoms with Gasteiger partial charge in [-0.05, 0) is 41.5 Å². The van der Waals surface area contributed by atoms with Crippen LogP contribution < -0.4 is 0 Å². The molecule has 0 atom stereocenters. The number of nitrogens with zero attached hydrogens (tertiary/aromatic N) is 3. The maximum Gasteiger partial charge on any atom is 0.142 e. The van der Waals surface area contributed by atoms with E-state index in [1.54, 1.807) is 42.7 Å². The minimum Gasteiger partial charge on any atom is -0.391 e. The molecule has 0 aliphatic rings. The lowest BCUT2D eigenvalue weighted by atomic mass is 10.2. The molecule has 104 valence electrons. The predicted octanol–water partition coefficient (Wildman–Crippen LogP) is 3.84. The Kier molecular flexibility index (Phi) is 5.50. The molecule has 2 rings (SSSR count). The van der Waals surface area contributed by atoms with E-state index >= 15 is 0 Å². The van der Waals surface area contributed by atoms with Gasteiger partial charge in [-0.1, -0.05) is 28.9 Å². The molecule has 0 amide bonds. The van der Waals surface area contributed by atoms with Crippen LogP contribution in [0, 0.1) is 11.3 Å². The molecule has 1 aromatic heterocycles. The van der Waals surface area contributed by atoms with Crippen LogP contribution in [-0.4, -0.2) is 11.2 Å². The van der Waals surface area contributed by atoms with Gasteiger partial charge in [0.05, 0.1) is 11.8 Å². The summed E-state index contributed by atoms with van der Waals surface area (Å²) in [6.45, 7) is 0.321. The fraction of sp³-hybridized carbons (Fsp3) is 0.0625. The normalized spacial score (nSPS) is 11.3. The molecule has 0 bridgehead atoms. The summed E-state index contributed by atoms with van der Waals surface area (Å²) in [5, 5.41) is 13.5. The third kappa shape index (κ3) is 5.09. The molecule has 0 saturated carbocycles. The highest BCUT2D eigenvalue weighted by molar-refractivity contribution is 6.30. The summed E-state index contributed by atoms with van der Waals surface area (Å²) in [4.78, 5) is 9.07. The van der Waals surface area contributed by atoms with E-state index in [-0.39, 0.29) is 0 Å². The van der Waals surface area contributed by atoms with Crippen LogP contribution in [0.1, 0.15) is 11.1 Å². The zero-order valence-corrected chi connectivity index (χ0v) is 11.9. The van der Waals surface area contributed by atoms with Gasteiger partial charge < -0.3 is 4.84 Å². The lowest BCUT2D eigenvalue weighted by molar-refractivity contribution is 0.132. The molecule has 1 heterocycles.